The van der Waals surface area contributed by atoms with Gasteiger partial charge in [-0.3, -0.25) is 4.79 Å². The minimum Gasteiger partial charge on any atom is -0.465 e. The molecule has 0 fully saturated rings. The Labute approximate surface area is 261 Å². The quantitative estimate of drug-likeness (QED) is 0.189. The Morgan fingerprint density at radius 1 is 0.955 bits per heavy atom. The predicted octanol–water partition coefficient (Wildman–Crippen LogP) is 6.19. The Hall–Kier alpha value is -4.28. The van der Waals surface area contributed by atoms with Crippen LogP contribution in [0.2, 0.25) is 0 Å². The third kappa shape index (κ3) is 8.00. The molecule has 44 heavy (non-hydrogen) atoms. The molecule has 0 radical (unpaired) electrons. The number of hydrogen-bond donors (Lipinski definition) is 1. The summed E-state index contributed by atoms with van der Waals surface area (Å²) in [7, 11) is 1.34. The third-order valence-electron chi connectivity index (χ3n) is 7.28. The van der Waals surface area contributed by atoms with Crippen molar-refractivity contribution in [3.8, 4) is 11.4 Å². The summed E-state index contributed by atoms with van der Waals surface area (Å²) in [6.07, 6.45) is 4.76. The number of rotatable bonds is 12. The molecule has 0 bridgehead atoms. The minimum absolute atomic E-state index is 0.0870. The molecule has 0 saturated heterocycles. The van der Waals surface area contributed by atoms with E-state index in [0.717, 1.165) is 39.1 Å². The van der Waals surface area contributed by atoms with Gasteiger partial charge in [-0.1, -0.05) is 37.6 Å². The maximum absolute atomic E-state index is 14.0. The van der Waals surface area contributed by atoms with Crippen LogP contribution in [0.3, 0.4) is 0 Å². The summed E-state index contributed by atoms with van der Waals surface area (Å²) in [6.45, 7) is 11.6. The van der Waals surface area contributed by atoms with Crippen molar-refractivity contribution < 1.29 is 27.5 Å². The van der Waals surface area contributed by atoms with Gasteiger partial charge in [-0.25, -0.2) is 9.78 Å². The molecule has 0 amide bonds. The van der Waals surface area contributed by atoms with Gasteiger partial charge in [0.25, 0.3) is 11.3 Å². The van der Waals surface area contributed by atoms with Gasteiger partial charge in [-0.15, -0.1) is 0 Å². The molecule has 4 rings (SSSR count). The smallest absolute Gasteiger partial charge is 0.337 e. The standard InChI is InChI=1S/C34H39N3O6S/c1-21(2)16-30(36-44(40)43-28-12-8-22(3)9-13-28)34(39)42-32(31-24(5)17-26(18-25(31)6)33(38)41-7)29-19-27(11-10-23(29)4)37-15-14-35-20-37/h8-15,17-21,30,32,36H,16H2,1-7H3. The fraction of sp³-hybridized carbons (Fsp3) is 0.324. The van der Waals surface area contributed by atoms with Crippen LogP contribution in [-0.2, 0) is 25.5 Å². The normalized spacial score (nSPS) is 13.3. The summed E-state index contributed by atoms with van der Waals surface area (Å²) < 4.78 is 34.6. The number of nitrogens with one attached hydrogen (secondary N) is 1. The van der Waals surface area contributed by atoms with Crippen molar-refractivity contribution in [1.29, 1.82) is 0 Å². The van der Waals surface area contributed by atoms with Gasteiger partial charge in [-0.05, 0) is 93.1 Å². The van der Waals surface area contributed by atoms with Crippen LogP contribution in [0.25, 0.3) is 5.69 Å². The minimum atomic E-state index is -2.01. The molecular weight excluding hydrogens is 578 g/mol. The van der Waals surface area contributed by atoms with Crippen molar-refractivity contribution in [1.82, 2.24) is 14.3 Å². The van der Waals surface area contributed by atoms with Gasteiger partial charge in [0.05, 0.1) is 19.0 Å². The largest absolute Gasteiger partial charge is 0.465 e. The first-order chi connectivity index (χ1) is 21.0. The molecule has 1 heterocycles. The van der Waals surface area contributed by atoms with Crippen molar-refractivity contribution in [2.75, 3.05) is 7.11 Å². The predicted molar refractivity (Wildman–Crippen MR) is 170 cm³/mol. The van der Waals surface area contributed by atoms with E-state index < -0.39 is 35.4 Å². The molecule has 3 atom stereocenters. The maximum Gasteiger partial charge on any atom is 0.337 e. The fourth-order valence-electron chi connectivity index (χ4n) is 5.07. The van der Waals surface area contributed by atoms with E-state index in [1.165, 1.54) is 7.11 Å². The van der Waals surface area contributed by atoms with Crippen LogP contribution in [-0.4, -0.2) is 38.9 Å². The number of esters is 2. The highest BCUT2D eigenvalue weighted by atomic mass is 32.2. The molecule has 0 spiro atoms. The Bertz CT molecular complexity index is 1610. The van der Waals surface area contributed by atoms with Crippen LogP contribution in [0.15, 0.2) is 73.3 Å². The van der Waals surface area contributed by atoms with E-state index in [4.69, 9.17) is 13.7 Å². The lowest BCUT2D eigenvalue weighted by molar-refractivity contribution is -0.150. The highest BCUT2D eigenvalue weighted by Crippen LogP contribution is 2.35. The molecule has 0 aliphatic rings. The van der Waals surface area contributed by atoms with E-state index in [2.05, 4.69) is 9.71 Å². The van der Waals surface area contributed by atoms with Gasteiger partial charge in [0.1, 0.15) is 11.8 Å². The van der Waals surface area contributed by atoms with Gasteiger partial charge < -0.3 is 18.2 Å². The molecular formula is C34H39N3O6S. The summed E-state index contributed by atoms with van der Waals surface area (Å²) >= 11 is -2.01. The van der Waals surface area contributed by atoms with E-state index in [9.17, 15) is 13.8 Å². The van der Waals surface area contributed by atoms with E-state index in [0.29, 0.717) is 17.7 Å². The van der Waals surface area contributed by atoms with Crippen LogP contribution < -0.4 is 8.91 Å². The van der Waals surface area contributed by atoms with Gasteiger partial charge >= 0.3 is 11.9 Å². The molecule has 3 aromatic carbocycles. The van der Waals surface area contributed by atoms with Gasteiger partial charge in [0.2, 0.25) is 0 Å². The van der Waals surface area contributed by atoms with Crippen molar-refractivity contribution in [3.05, 3.63) is 112 Å². The van der Waals surface area contributed by atoms with Crippen LogP contribution in [0, 0.1) is 33.6 Å². The molecule has 9 nitrogen and oxygen atoms in total. The van der Waals surface area contributed by atoms with Crippen LogP contribution in [0.5, 0.6) is 5.75 Å². The lowest BCUT2D eigenvalue weighted by Crippen LogP contribution is -2.42. The zero-order valence-corrected chi connectivity index (χ0v) is 26.9. The number of carbonyl (C=O) groups excluding carboxylic acids is 2. The number of carbonyl (C=O) groups is 2. The molecule has 3 unspecified atom stereocenters. The van der Waals surface area contributed by atoms with Crippen molar-refractivity contribution in [2.45, 2.75) is 60.1 Å². The molecule has 10 heteroatoms. The van der Waals surface area contributed by atoms with E-state index in [1.807, 2.05) is 82.6 Å². The van der Waals surface area contributed by atoms with Crippen LogP contribution >= 0.6 is 0 Å². The number of nitrogens with zero attached hydrogens (tertiary/aromatic N) is 2. The first-order valence-corrected chi connectivity index (χ1v) is 15.5. The maximum atomic E-state index is 14.0. The zero-order valence-electron chi connectivity index (χ0n) is 26.1. The summed E-state index contributed by atoms with van der Waals surface area (Å²) in [5.41, 5.74) is 6.23. The Kier molecular flexibility index (Phi) is 10.7. The molecule has 0 aliphatic carbocycles. The first-order valence-electron chi connectivity index (χ1n) is 14.4. The average Bonchev–Trinajstić information content (AvgIpc) is 3.52. The highest BCUT2D eigenvalue weighted by Gasteiger charge is 2.31. The van der Waals surface area contributed by atoms with E-state index in [-0.39, 0.29) is 5.92 Å². The third-order valence-corrected chi connectivity index (χ3v) is 8.10. The summed E-state index contributed by atoms with van der Waals surface area (Å²) in [5, 5.41) is 0. The van der Waals surface area contributed by atoms with Crippen LogP contribution in [0.4, 0.5) is 0 Å². The summed E-state index contributed by atoms with van der Waals surface area (Å²) in [4.78, 5) is 30.5. The highest BCUT2D eigenvalue weighted by molar-refractivity contribution is 7.78. The first kappa shape index (κ1) is 32.6. The zero-order chi connectivity index (χ0) is 32.0. The van der Waals surface area contributed by atoms with Gasteiger partial charge in [0.15, 0.2) is 6.10 Å². The van der Waals surface area contributed by atoms with E-state index >= 15 is 0 Å². The van der Waals surface area contributed by atoms with Crippen molar-refractivity contribution in [2.24, 2.45) is 5.92 Å². The molecule has 4 aromatic rings. The number of aromatic nitrogens is 2. The second-order valence-corrected chi connectivity index (χ2v) is 12.1. The lowest BCUT2D eigenvalue weighted by Gasteiger charge is -2.27. The second kappa shape index (κ2) is 14.5. The molecule has 1 N–H and O–H groups in total. The SMILES string of the molecule is COC(=O)c1cc(C)c(C(OC(=O)C(CC(C)C)NS(=O)Oc2ccc(C)cc2)c2cc(-n3ccnc3)ccc2C)c(C)c1. The van der Waals surface area contributed by atoms with Crippen molar-refractivity contribution in [3.63, 3.8) is 0 Å². The number of methoxy groups -OCH3 is 1. The topological polar surface area (TPSA) is 109 Å². The molecule has 1 aromatic heterocycles. The van der Waals surface area contributed by atoms with Gasteiger partial charge in [-0.2, -0.15) is 8.93 Å². The van der Waals surface area contributed by atoms with Crippen molar-refractivity contribution >= 4 is 23.2 Å². The number of benzene rings is 3. The van der Waals surface area contributed by atoms with Gasteiger partial charge in [0, 0.05) is 29.2 Å². The van der Waals surface area contributed by atoms with E-state index in [1.54, 1.807) is 36.8 Å². The Morgan fingerprint density at radius 3 is 2.23 bits per heavy atom. The number of aryl methyl sites for hydroxylation is 4. The molecule has 232 valence electrons. The Balaban J connectivity index is 1.73. The molecule has 0 aliphatic heterocycles. The second-order valence-electron chi connectivity index (χ2n) is 11.3. The monoisotopic (exact) mass is 617 g/mol. The van der Waals surface area contributed by atoms with Crippen LogP contribution in [0.1, 0.15) is 70.1 Å². The number of imidazole rings is 1. The fourth-order valence-corrected chi connectivity index (χ4v) is 5.83. The summed E-state index contributed by atoms with van der Waals surface area (Å²) in [5.74, 6) is -0.525. The number of hydrogen-bond acceptors (Lipinski definition) is 7. The Morgan fingerprint density at radius 2 is 1.64 bits per heavy atom. The molecule has 0 saturated carbocycles. The summed E-state index contributed by atoms with van der Waals surface area (Å²) in [6, 6.07) is 15.6. The average molecular weight is 618 g/mol. The number of ether oxygens (including phenoxy) is 2. The lowest BCUT2D eigenvalue weighted by atomic mass is 9.89.